The van der Waals surface area contributed by atoms with E-state index in [1.165, 1.54) is 38.5 Å². The van der Waals surface area contributed by atoms with E-state index in [2.05, 4.69) is 5.10 Å². The summed E-state index contributed by atoms with van der Waals surface area (Å²) in [7, 11) is -1.20. The van der Waals surface area contributed by atoms with Gasteiger partial charge in [0, 0.05) is 11.6 Å². The summed E-state index contributed by atoms with van der Waals surface area (Å²) in [5.41, 5.74) is -0.0608. The Morgan fingerprint density at radius 2 is 1.84 bits per heavy atom. The smallest absolute Gasteiger partial charge is 0.315 e. The van der Waals surface area contributed by atoms with Crippen molar-refractivity contribution in [2.75, 3.05) is 14.2 Å². The highest BCUT2D eigenvalue weighted by Crippen LogP contribution is 2.37. The Labute approximate surface area is 144 Å². The van der Waals surface area contributed by atoms with Gasteiger partial charge in [-0.15, -0.1) is 0 Å². The number of methoxy groups -OCH3 is 2. The van der Waals surface area contributed by atoms with Gasteiger partial charge in [0.25, 0.3) is 10.0 Å². The lowest BCUT2D eigenvalue weighted by atomic mass is 10.2. The first-order valence-electron chi connectivity index (χ1n) is 6.89. The molecule has 25 heavy (non-hydrogen) atoms. The van der Waals surface area contributed by atoms with Gasteiger partial charge in [-0.25, -0.2) is 4.83 Å². The second-order valence-corrected chi connectivity index (χ2v) is 6.36. The number of nitrogens with one attached hydrogen (secondary N) is 1. The van der Waals surface area contributed by atoms with Crippen LogP contribution in [0.2, 0.25) is 0 Å². The first-order chi connectivity index (χ1) is 11.9. The fourth-order valence-corrected chi connectivity index (χ4v) is 2.81. The van der Waals surface area contributed by atoms with Crippen molar-refractivity contribution in [3.63, 3.8) is 0 Å². The predicted molar refractivity (Wildman–Crippen MR) is 90.6 cm³/mol. The minimum atomic E-state index is -3.82. The average Bonchev–Trinajstić information content (AvgIpc) is 2.61. The van der Waals surface area contributed by atoms with E-state index >= 15 is 0 Å². The number of hydrogen-bond donors (Lipinski definition) is 1. The van der Waals surface area contributed by atoms with E-state index in [1.807, 2.05) is 4.83 Å². The van der Waals surface area contributed by atoms with E-state index < -0.39 is 14.9 Å². The summed E-state index contributed by atoms with van der Waals surface area (Å²) in [6, 6.07) is 10.3. The molecule has 0 radical (unpaired) electrons. The molecule has 0 aliphatic carbocycles. The first-order valence-corrected chi connectivity index (χ1v) is 8.37. The fourth-order valence-electron chi connectivity index (χ4n) is 2.00. The monoisotopic (exact) mass is 365 g/mol. The Bertz CT molecular complexity index is 897. The van der Waals surface area contributed by atoms with Crippen LogP contribution in [0.25, 0.3) is 0 Å². The lowest BCUT2D eigenvalue weighted by Crippen LogP contribution is -2.18. The molecule has 0 amide bonds. The number of sulfonamides is 1. The van der Waals surface area contributed by atoms with Crippen molar-refractivity contribution < 1.29 is 22.8 Å². The SMILES string of the molecule is COc1cc(/C=N/NS(=O)(=O)c2ccccc2)cc([N+](=O)[O-])c1OC. The van der Waals surface area contributed by atoms with E-state index in [9.17, 15) is 18.5 Å². The normalized spacial score (nSPS) is 11.3. The number of benzene rings is 2. The zero-order chi connectivity index (χ0) is 18.4. The average molecular weight is 365 g/mol. The Kier molecular flexibility index (Phi) is 5.55. The molecule has 0 atom stereocenters. The van der Waals surface area contributed by atoms with Crippen molar-refractivity contribution >= 4 is 21.9 Å². The number of rotatable bonds is 7. The van der Waals surface area contributed by atoms with Crippen molar-refractivity contribution in [2.45, 2.75) is 4.90 Å². The number of ether oxygens (including phenoxy) is 2. The number of nitro benzene ring substituents is 1. The molecule has 0 bridgehead atoms. The van der Waals surface area contributed by atoms with Crippen LogP contribution in [-0.4, -0.2) is 33.8 Å². The second-order valence-electron chi connectivity index (χ2n) is 4.70. The maximum atomic E-state index is 12.0. The van der Waals surface area contributed by atoms with E-state index in [0.29, 0.717) is 0 Å². The molecule has 9 nitrogen and oxygen atoms in total. The van der Waals surface area contributed by atoms with Crippen LogP contribution in [0, 0.1) is 10.1 Å². The topological polar surface area (TPSA) is 120 Å². The third-order valence-corrected chi connectivity index (χ3v) is 4.36. The highest BCUT2D eigenvalue weighted by molar-refractivity contribution is 7.89. The molecule has 132 valence electrons. The Balaban J connectivity index is 2.29. The summed E-state index contributed by atoms with van der Waals surface area (Å²) in [4.78, 5) is 12.6. The summed E-state index contributed by atoms with van der Waals surface area (Å²) in [5.74, 6) is 0.0959. The Morgan fingerprint density at radius 1 is 1.16 bits per heavy atom. The predicted octanol–water partition coefficient (Wildman–Crippen LogP) is 1.92. The molecule has 0 aliphatic heterocycles. The summed E-state index contributed by atoms with van der Waals surface area (Å²) < 4.78 is 34.1. The van der Waals surface area contributed by atoms with Crippen LogP contribution in [0.1, 0.15) is 5.56 Å². The van der Waals surface area contributed by atoms with Crippen LogP contribution in [0.4, 0.5) is 5.69 Å². The third-order valence-electron chi connectivity index (χ3n) is 3.12. The molecular weight excluding hydrogens is 350 g/mol. The molecule has 10 heteroatoms. The summed E-state index contributed by atoms with van der Waals surface area (Å²) in [6.45, 7) is 0. The van der Waals surface area contributed by atoms with Gasteiger partial charge in [0.1, 0.15) is 0 Å². The molecule has 0 aliphatic rings. The van der Waals surface area contributed by atoms with Crippen molar-refractivity contribution in [1.29, 1.82) is 0 Å². The maximum Gasteiger partial charge on any atom is 0.315 e. The van der Waals surface area contributed by atoms with Crippen molar-refractivity contribution in [1.82, 2.24) is 4.83 Å². The van der Waals surface area contributed by atoms with Crippen LogP contribution < -0.4 is 14.3 Å². The molecule has 0 spiro atoms. The minimum absolute atomic E-state index is 0.0329. The molecule has 1 N–H and O–H groups in total. The summed E-state index contributed by atoms with van der Waals surface area (Å²) >= 11 is 0. The zero-order valence-corrected chi connectivity index (χ0v) is 14.2. The highest BCUT2D eigenvalue weighted by Gasteiger charge is 2.21. The van der Waals surface area contributed by atoms with Gasteiger partial charge in [0.15, 0.2) is 5.75 Å². The number of nitro groups is 1. The maximum absolute atomic E-state index is 12.0. The number of hydrogen-bond acceptors (Lipinski definition) is 7. The van der Waals surface area contributed by atoms with Crippen molar-refractivity contribution in [2.24, 2.45) is 5.10 Å². The number of nitrogens with zero attached hydrogens (tertiary/aromatic N) is 2. The molecule has 0 saturated heterocycles. The van der Waals surface area contributed by atoms with E-state index in [1.54, 1.807) is 18.2 Å². The molecular formula is C15H15N3O6S. The third kappa shape index (κ3) is 4.23. The van der Waals surface area contributed by atoms with Gasteiger partial charge in [0.05, 0.1) is 30.3 Å². The van der Waals surface area contributed by atoms with Crippen LogP contribution in [0.15, 0.2) is 52.5 Å². The van der Waals surface area contributed by atoms with E-state index in [4.69, 9.17) is 9.47 Å². The van der Waals surface area contributed by atoms with E-state index in [-0.39, 0.29) is 27.6 Å². The minimum Gasteiger partial charge on any atom is -0.493 e. The molecule has 0 unspecified atom stereocenters. The van der Waals surface area contributed by atoms with Gasteiger partial charge in [-0.2, -0.15) is 13.5 Å². The molecule has 0 fully saturated rings. The molecule has 2 aromatic rings. The van der Waals surface area contributed by atoms with Crippen LogP contribution in [0.3, 0.4) is 0 Å². The van der Waals surface area contributed by atoms with Crippen LogP contribution >= 0.6 is 0 Å². The van der Waals surface area contributed by atoms with Crippen LogP contribution in [-0.2, 0) is 10.0 Å². The van der Waals surface area contributed by atoms with E-state index in [0.717, 1.165) is 6.21 Å². The zero-order valence-electron chi connectivity index (χ0n) is 13.4. The molecule has 0 heterocycles. The van der Waals surface area contributed by atoms with Crippen molar-refractivity contribution in [3.05, 3.63) is 58.1 Å². The number of hydrazone groups is 1. The van der Waals surface area contributed by atoms with Crippen LogP contribution in [0.5, 0.6) is 11.5 Å². The summed E-state index contributed by atoms with van der Waals surface area (Å²) in [5, 5.41) is 14.8. The van der Waals surface area contributed by atoms with Gasteiger partial charge in [-0.1, -0.05) is 18.2 Å². The van der Waals surface area contributed by atoms with Gasteiger partial charge in [-0.3, -0.25) is 10.1 Å². The quantitative estimate of drug-likeness (QED) is 0.455. The van der Waals surface area contributed by atoms with Gasteiger partial charge < -0.3 is 9.47 Å². The Hall–Kier alpha value is -3.14. The molecule has 2 rings (SSSR count). The molecule has 2 aromatic carbocycles. The molecule has 0 aromatic heterocycles. The van der Waals surface area contributed by atoms with Gasteiger partial charge >= 0.3 is 5.69 Å². The summed E-state index contributed by atoms with van der Waals surface area (Å²) in [6.07, 6.45) is 1.13. The lowest BCUT2D eigenvalue weighted by molar-refractivity contribution is -0.385. The largest absolute Gasteiger partial charge is 0.493 e. The first kappa shape index (κ1) is 18.2. The van der Waals surface area contributed by atoms with Gasteiger partial charge in [-0.05, 0) is 18.2 Å². The van der Waals surface area contributed by atoms with Gasteiger partial charge in [0.2, 0.25) is 5.75 Å². The highest BCUT2D eigenvalue weighted by atomic mass is 32.2. The van der Waals surface area contributed by atoms with Crippen molar-refractivity contribution in [3.8, 4) is 11.5 Å². The fraction of sp³-hybridized carbons (Fsp3) is 0.133. The second kappa shape index (κ2) is 7.62. The lowest BCUT2D eigenvalue weighted by Gasteiger charge is -2.08. The Morgan fingerprint density at radius 3 is 2.40 bits per heavy atom. The standard InChI is InChI=1S/C15H15N3O6S/c1-23-14-9-11(8-13(18(19)20)15(14)24-2)10-16-17-25(21,22)12-6-4-3-5-7-12/h3-10,17H,1-2H3/b16-10+. The molecule has 0 saturated carbocycles.